The Labute approximate surface area is 133 Å². The number of rotatable bonds is 3. The van der Waals surface area contributed by atoms with Crippen molar-refractivity contribution in [3.05, 3.63) is 76.3 Å². The Morgan fingerprint density at radius 3 is 2.43 bits per heavy atom. The van der Waals surface area contributed by atoms with Gasteiger partial charge < -0.3 is 5.32 Å². The molecule has 6 heteroatoms. The first-order chi connectivity index (χ1) is 11.1. The molecule has 0 aliphatic rings. The number of aromatic nitrogens is 3. The highest BCUT2D eigenvalue weighted by molar-refractivity contribution is 6.04. The second-order valence-electron chi connectivity index (χ2n) is 5.11. The summed E-state index contributed by atoms with van der Waals surface area (Å²) in [6, 6.07) is 14.4. The fourth-order valence-corrected chi connectivity index (χ4v) is 2.45. The standard InChI is InChI=1S/C17H16N4O2/c1-12-15(16(22)19-14-10-6-7-11-18-14)17(23)21(20(12)2)13-8-4-3-5-9-13/h3-11H,1-2H3,(H,18,19,22). The zero-order valence-electron chi connectivity index (χ0n) is 12.9. The van der Waals surface area contributed by atoms with Crippen LogP contribution in [0.25, 0.3) is 5.69 Å². The number of pyridine rings is 1. The SMILES string of the molecule is Cc1c(C(=O)Nc2ccccn2)c(=O)n(-c2ccccc2)n1C. The van der Waals surface area contributed by atoms with Crippen LogP contribution in [0.4, 0.5) is 5.82 Å². The Morgan fingerprint density at radius 2 is 1.78 bits per heavy atom. The van der Waals surface area contributed by atoms with Crippen LogP contribution >= 0.6 is 0 Å². The van der Waals surface area contributed by atoms with Crippen molar-refractivity contribution in [1.82, 2.24) is 14.3 Å². The maximum absolute atomic E-state index is 12.7. The third-order valence-electron chi connectivity index (χ3n) is 3.69. The van der Waals surface area contributed by atoms with Crippen molar-refractivity contribution in [2.45, 2.75) is 6.92 Å². The van der Waals surface area contributed by atoms with Crippen LogP contribution in [0.3, 0.4) is 0 Å². The van der Waals surface area contributed by atoms with Gasteiger partial charge >= 0.3 is 0 Å². The lowest BCUT2D eigenvalue weighted by atomic mass is 10.2. The average Bonchev–Trinajstić information content (AvgIpc) is 2.79. The van der Waals surface area contributed by atoms with Crippen molar-refractivity contribution in [3.8, 4) is 5.69 Å². The summed E-state index contributed by atoms with van der Waals surface area (Å²) >= 11 is 0. The Morgan fingerprint density at radius 1 is 1.09 bits per heavy atom. The average molecular weight is 308 g/mol. The van der Waals surface area contributed by atoms with Crippen molar-refractivity contribution in [3.63, 3.8) is 0 Å². The number of nitrogens with one attached hydrogen (secondary N) is 1. The molecule has 23 heavy (non-hydrogen) atoms. The molecule has 116 valence electrons. The van der Waals surface area contributed by atoms with E-state index in [1.54, 1.807) is 43.0 Å². The summed E-state index contributed by atoms with van der Waals surface area (Å²) in [5, 5.41) is 2.66. The van der Waals surface area contributed by atoms with Gasteiger partial charge in [-0.05, 0) is 31.2 Å². The van der Waals surface area contributed by atoms with Gasteiger partial charge in [0.2, 0.25) is 0 Å². The van der Waals surface area contributed by atoms with E-state index in [0.29, 0.717) is 17.2 Å². The molecule has 0 bridgehead atoms. The summed E-state index contributed by atoms with van der Waals surface area (Å²) in [6.07, 6.45) is 1.58. The van der Waals surface area contributed by atoms with E-state index in [-0.39, 0.29) is 11.1 Å². The highest BCUT2D eigenvalue weighted by Gasteiger charge is 2.22. The highest BCUT2D eigenvalue weighted by Crippen LogP contribution is 2.11. The van der Waals surface area contributed by atoms with Crippen molar-refractivity contribution < 1.29 is 4.79 Å². The first-order valence-electron chi connectivity index (χ1n) is 7.16. The smallest absolute Gasteiger partial charge is 0.284 e. The van der Waals surface area contributed by atoms with Crippen LogP contribution in [0, 0.1) is 6.92 Å². The maximum Gasteiger partial charge on any atom is 0.284 e. The first-order valence-corrected chi connectivity index (χ1v) is 7.16. The molecule has 6 nitrogen and oxygen atoms in total. The van der Waals surface area contributed by atoms with Gasteiger partial charge in [-0.2, -0.15) is 0 Å². The van der Waals surface area contributed by atoms with Crippen LogP contribution in [-0.4, -0.2) is 20.3 Å². The summed E-state index contributed by atoms with van der Waals surface area (Å²) in [4.78, 5) is 29.2. The molecule has 3 aromatic rings. The van der Waals surface area contributed by atoms with Gasteiger partial charge in [-0.15, -0.1) is 0 Å². The second kappa shape index (κ2) is 5.92. The lowest BCUT2D eigenvalue weighted by molar-refractivity contribution is 0.102. The van der Waals surface area contributed by atoms with E-state index >= 15 is 0 Å². The monoisotopic (exact) mass is 308 g/mol. The molecule has 0 saturated heterocycles. The summed E-state index contributed by atoms with van der Waals surface area (Å²) in [5.74, 6) is -0.0529. The molecule has 2 heterocycles. The zero-order valence-corrected chi connectivity index (χ0v) is 12.9. The first kappa shape index (κ1) is 14.8. The minimum Gasteiger partial charge on any atom is -0.306 e. The maximum atomic E-state index is 12.7. The van der Waals surface area contributed by atoms with E-state index in [0.717, 1.165) is 0 Å². The number of anilines is 1. The van der Waals surface area contributed by atoms with E-state index in [2.05, 4.69) is 10.3 Å². The van der Waals surface area contributed by atoms with Gasteiger partial charge in [-0.3, -0.25) is 14.3 Å². The van der Waals surface area contributed by atoms with Crippen LogP contribution < -0.4 is 10.9 Å². The van der Waals surface area contributed by atoms with Crippen molar-refractivity contribution in [1.29, 1.82) is 0 Å². The lowest BCUT2D eigenvalue weighted by Crippen LogP contribution is -2.25. The molecular formula is C17H16N4O2. The van der Waals surface area contributed by atoms with Crippen LogP contribution in [0.15, 0.2) is 59.5 Å². The van der Waals surface area contributed by atoms with E-state index in [1.807, 2.05) is 30.3 Å². The largest absolute Gasteiger partial charge is 0.306 e. The molecule has 1 aromatic carbocycles. The van der Waals surface area contributed by atoms with E-state index in [9.17, 15) is 9.59 Å². The molecule has 0 atom stereocenters. The van der Waals surface area contributed by atoms with Gasteiger partial charge in [0.05, 0.1) is 11.4 Å². The van der Waals surface area contributed by atoms with E-state index in [1.165, 1.54) is 4.68 Å². The Hall–Kier alpha value is -3.15. The second-order valence-corrected chi connectivity index (χ2v) is 5.11. The predicted molar refractivity (Wildman–Crippen MR) is 87.9 cm³/mol. The van der Waals surface area contributed by atoms with Crippen LogP contribution in [0.1, 0.15) is 16.1 Å². The number of hydrogen-bond acceptors (Lipinski definition) is 3. The zero-order chi connectivity index (χ0) is 16.4. The molecule has 0 saturated carbocycles. The molecule has 0 fully saturated rings. The molecule has 0 spiro atoms. The Bertz CT molecular complexity index is 896. The third-order valence-corrected chi connectivity index (χ3v) is 3.69. The number of hydrogen-bond donors (Lipinski definition) is 1. The number of carbonyl (C=O) groups excluding carboxylic acids is 1. The van der Waals surface area contributed by atoms with Crippen LogP contribution in [0.2, 0.25) is 0 Å². The van der Waals surface area contributed by atoms with Gasteiger partial charge in [-0.25, -0.2) is 9.67 Å². The van der Waals surface area contributed by atoms with Gasteiger partial charge in [0.1, 0.15) is 11.4 Å². The lowest BCUT2D eigenvalue weighted by Gasteiger charge is -2.07. The number of amides is 1. The van der Waals surface area contributed by atoms with Gasteiger partial charge in [0.25, 0.3) is 11.5 Å². The fourth-order valence-electron chi connectivity index (χ4n) is 2.45. The summed E-state index contributed by atoms with van der Waals surface area (Å²) < 4.78 is 3.15. The molecular weight excluding hydrogens is 292 g/mol. The highest BCUT2D eigenvalue weighted by atomic mass is 16.2. The number of carbonyl (C=O) groups is 1. The molecule has 1 amide bonds. The molecule has 0 unspecified atom stereocenters. The molecule has 1 N–H and O–H groups in total. The number of benzene rings is 1. The quantitative estimate of drug-likeness (QED) is 0.806. The minimum atomic E-state index is -0.462. The van der Waals surface area contributed by atoms with Crippen molar-refractivity contribution in [2.75, 3.05) is 5.32 Å². The van der Waals surface area contributed by atoms with E-state index < -0.39 is 5.91 Å². The van der Waals surface area contributed by atoms with Crippen LogP contribution in [-0.2, 0) is 7.05 Å². The summed E-state index contributed by atoms with van der Waals surface area (Å²) in [5.41, 5.74) is 1.05. The van der Waals surface area contributed by atoms with E-state index in [4.69, 9.17) is 0 Å². The number of para-hydroxylation sites is 1. The molecule has 0 radical (unpaired) electrons. The van der Waals surface area contributed by atoms with Gasteiger partial charge in [0, 0.05) is 13.2 Å². The number of nitrogens with zero attached hydrogens (tertiary/aromatic N) is 3. The molecule has 0 aliphatic heterocycles. The topological polar surface area (TPSA) is 68.9 Å². The van der Waals surface area contributed by atoms with Crippen molar-refractivity contribution >= 4 is 11.7 Å². The van der Waals surface area contributed by atoms with Gasteiger partial charge in [0.15, 0.2) is 0 Å². The van der Waals surface area contributed by atoms with Crippen molar-refractivity contribution in [2.24, 2.45) is 7.05 Å². The third kappa shape index (κ3) is 2.66. The summed E-state index contributed by atoms with van der Waals surface area (Å²) in [6.45, 7) is 1.74. The minimum absolute atomic E-state index is 0.113. The Kier molecular flexibility index (Phi) is 3.80. The molecule has 2 aromatic heterocycles. The fraction of sp³-hybridized carbons (Fsp3) is 0.118. The Balaban J connectivity index is 2.04. The predicted octanol–water partition coefficient (Wildman–Crippen LogP) is 2.13. The van der Waals surface area contributed by atoms with Crippen LogP contribution in [0.5, 0.6) is 0 Å². The van der Waals surface area contributed by atoms with Gasteiger partial charge in [-0.1, -0.05) is 24.3 Å². The summed E-state index contributed by atoms with van der Waals surface area (Å²) in [7, 11) is 1.75. The normalized spacial score (nSPS) is 10.5. The molecule has 0 aliphatic carbocycles. The molecule has 3 rings (SSSR count).